The number of nitrogen functional groups attached to an aromatic ring is 1. The number of hydrogen-bond donors (Lipinski definition) is 2. The van der Waals surface area contributed by atoms with Crippen molar-refractivity contribution in [3.8, 4) is 0 Å². The number of likely N-dealkylation sites (N-methyl/N-ethyl adjacent to an activating group) is 1. The van der Waals surface area contributed by atoms with Gasteiger partial charge < -0.3 is 16.0 Å². The summed E-state index contributed by atoms with van der Waals surface area (Å²) in [6.45, 7) is 4.99. The standard InChI is InChI=1S/C11H18BrN5O/c1-7(2)4-14-8(18)5-17(3)11-9(12)10(13)15-6-16-11/h6-7H,4-5H2,1-3H3,(H,14,18)(H2,13,15,16). The Morgan fingerprint density at radius 3 is 2.83 bits per heavy atom. The zero-order valence-electron chi connectivity index (χ0n) is 10.8. The van der Waals surface area contributed by atoms with Crippen molar-refractivity contribution >= 4 is 33.5 Å². The number of halogens is 1. The second kappa shape index (κ2) is 6.53. The van der Waals surface area contributed by atoms with Crippen LogP contribution in [0.5, 0.6) is 0 Å². The molecule has 1 heterocycles. The van der Waals surface area contributed by atoms with Crippen LogP contribution in [0.25, 0.3) is 0 Å². The Labute approximate surface area is 115 Å². The first-order chi connectivity index (χ1) is 8.41. The van der Waals surface area contributed by atoms with E-state index in [0.717, 1.165) is 0 Å². The Hall–Kier alpha value is -1.37. The van der Waals surface area contributed by atoms with E-state index in [2.05, 4.69) is 31.2 Å². The molecule has 1 amide bonds. The Kier molecular flexibility index (Phi) is 5.33. The fraction of sp³-hybridized carbons (Fsp3) is 0.545. The smallest absolute Gasteiger partial charge is 0.239 e. The van der Waals surface area contributed by atoms with Gasteiger partial charge in [0.2, 0.25) is 5.91 Å². The van der Waals surface area contributed by atoms with Gasteiger partial charge in [0.25, 0.3) is 0 Å². The number of carbonyl (C=O) groups is 1. The quantitative estimate of drug-likeness (QED) is 0.847. The van der Waals surface area contributed by atoms with Gasteiger partial charge >= 0.3 is 0 Å². The van der Waals surface area contributed by atoms with E-state index in [-0.39, 0.29) is 12.5 Å². The first kappa shape index (κ1) is 14.7. The van der Waals surface area contributed by atoms with Crippen LogP contribution in [0.3, 0.4) is 0 Å². The number of hydrogen-bond acceptors (Lipinski definition) is 5. The molecular weight excluding hydrogens is 298 g/mol. The molecule has 0 saturated heterocycles. The van der Waals surface area contributed by atoms with E-state index in [1.165, 1.54) is 6.33 Å². The predicted octanol–water partition coefficient (Wildman–Crippen LogP) is 1.03. The molecule has 6 nitrogen and oxygen atoms in total. The molecule has 0 aliphatic carbocycles. The van der Waals surface area contributed by atoms with Gasteiger partial charge in [0.15, 0.2) is 0 Å². The summed E-state index contributed by atoms with van der Waals surface area (Å²) in [5, 5.41) is 2.85. The van der Waals surface area contributed by atoms with Crippen LogP contribution in [-0.4, -0.2) is 36.0 Å². The molecule has 0 aromatic carbocycles. The maximum atomic E-state index is 11.7. The lowest BCUT2D eigenvalue weighted by atomic mass is 10.2. The molecule has 7 heteroatoms. The molecule has 0 aliphatic heterocycles. The van der Waals surface area contributed by atoms with Gasteiger partial charge in [-0.2, -0.15) is 0 Å². The fourth-order valence-corrected chi connectivity index (χ4v) is 1.81. The number of nitrogens with zero attached hydrogens (tertiary/aromatic N) is 3. The zero-order valence-corrected chi connectivity index (χ0v) is 12.4. The number of nitrogens with one attached hydrogen (secondary N) is 1. The van der Waals surface area contributed by atoms with Gasteiger partial charge in [-0.25, -0.2) is 9.97 Å². The molecule has 100 valence electrons. The molecule has 1 aromatic heterocycles. The number of rotatable bonds is 5. The first-order valence-electron chi connectivity index (χ1n) is 5.65. The summed E-state index contributed by atoms with van der Waals surface area (Å²) in [7, 11) is 1.78. The summed E-state index contributed by atoms with van der Waals surface area (Å²) in [6, 6.07) is 0. The minimum Gasteiger partial charge on any atom is -0.383 e. The van der Waals surface area contributed by atoms with E-state index in [0.29, 0.717) is 28.6 Å². The summed E-state index contributed by atoms with van der Waals surface area (Å²) in [5.74, 6) is 1.34. The van der Waals surface area contributed by atoms with Crippen LogP contribution < -0.4 is 16.0 Å². The first-order valence-corrected chi connectivity index (χ1v) is 6.45. The highest BCUT2D eigenvalue weighted by Gasteiger charge is 2.13. The Bertz CT molecular complexity index is 424. The van der Waals surface area contributed by atoms with Crippen molar-refractivity contribution in [3.05, 3.63) is 10.8 Å². The second-order valence-corrected chi connectivity index (χ2v) is 5.24. The van der Waals surface area contributed by atoms with Gasteiger partial charge in [-0.3, -0.25) is 4.79 Å². The lowest BCUT2D eigenvalue weighted by Gasteiger charge is -2.19. The monoisotopic (exact) mass is 315 g/mol. The molecule has 0 atom stereocenters. The number of amides is 1. The zero-order chi connectivity index (χ0) is 13.7. The largest absolute Gasteiger partial charge is 0.383 e. The topological polar surface area (TPSA) is 84.1 Å². The SMILES string of the molecule is CC(C)CNC(=O)CN(C)c1ncnc(N)c1Br. The molecule has 1 rings (SSSR count). The molecule has 0 aliphatic rings. The van der Waals surface area contributed by atoms with Gasteiger partial charge in [0.1, 0.15) is 22.4 Å². The normalized spacial score (nSPS) is 10.5. The van der Waals surface area contributed by atoms with Crippen LogP contribution in [0, 0.1) is 5.92 Å². The fourth-order valence-electron chi connectivity index (χ4n) is 1.30. The van der Waals surface area contributed by atoms with Gasteiger partial charge in [0, 0.05) is 13.6 Å². The maximum absolute atomic E-state index is 11.7. The number of nitrogens with two attached hydrogens (primary N) is 1. The molecule has 0 fully saturated rings. The molecule has 0 saturated carbocycles. The van der Waals surface area contributed by atoms with Crippen molar-refractivity contribution in [3.63, 3.8) is 0 Å². The highest BCUT2D eigenvalue weighted by Crippen LogP contribution is 2.26. The number of carbonyl (C=O) groups excluding carboxylic acids is 1. The molecular formula is C11H18BrN5O. The lowest BCUT2D eigenvalue weighted by Crippen LogP contribution is -2.37. The lowest BCUT2D eigenvalue weighted by molar-refractivity contribution is -0.119. The minimum absolute atomic E-state index is 0.0460. The van der Waals surface area contributed by atoms with Gasteiger partial charge in [-0.1, -0.05) is 13.8 Å². The predicted molar refractivity (Wildman–Crippen MR) is 75.3 cm³/mol. The van der Waals surface area contributed by atoms with E-state index in [1.54, 1.807) is 11.9 Å². The Morgan fingerprint density at radius 2 is 2.22 bits per heavy atom. The second-order valence-electron chi connectivity index (χ2n) is 4.45. The van der Waals surface area contributed by atoms with E-state index in [9.17, 15) is 4.79 Å². The molecule has 0 unspecified atom stereocenters. The summed E-state index contributed by atoms with van der Waals surface area (Å²) in [5.41, 5.74) is 5.66. The molecule has 18 heavy (non-hydrogen) atoms. The van der Waals surface area contributed by atoms with E-state index in [4.69, 9.17) is 5.73 Å². The van der Waals surface area contributed by atoms with Crippen LogP contribution in [0.1, 0.15) is 13.8 Å². The Morgan fingerprint density at radius 1 is 1.56 bits per heavy atom. The number of anilines is 2. The molecule has 0 bridgehead atoms. The van der Waals surface area contributed by atoms with Crippen LogP contribution in [0.15, 0.2) is 10.8 Å². The summed E-state index contributed by atoms with van der Waals surface area (Å²) in [4.78, 5) is 21.4. The van der Waals surface area contributed by atoms with Crippen LogP contribution >= 0.6 is 15.9 Å². The van der Waals surface area contributed by atoms with Crippen LogP contribution in [0.2, 0.25) is 0 Å². The van der Waals surface area contributed by atoms with Crippen molar-refractivity contribution in [2.45, 2.75) is 13.8 Å². The summed E-state index contributed by atoms with van der Waals surface area (Å²) >= 11 is 3.31. The van der Waals surface area contributed by atoms with Crippen molar-refractivity contribution < 1.29 is 4.79 Å². The van der Waals surface area contributed by atoms with Crippen LogP contribution in [-0.2, 0) is 4.79 Å². The van der Waals surface area contributed by atoms with E-state index >= 15 is 0 Å². The van der Waals surface area contributed by atoms with Crippen molar-refractivity contribution in [1.82, 2.24) is 15.3 Å². The molecule has 0 spiro atoms. The highest BCUT2D eigenvalue weighted by molar-refractivity contribution is 9.10. The van der Waals surface area contributed by atoms with E-state index in [1.807, 2.05) is 13.8 Å². The average molecular weight is 316 g/mol. The van der Waals surface area contributed by atoms with Crippen LogP contribution in [0.4, 0.5) is 11.6 Å². The van der Waals surface area contributed by atoms with E-state index < -0.39 is 0 Å². The van der Waals surface area contributed by atoms with Gasteiger partial charge in [-0.05, 0) is 21.8 Å². The minimum atomic E-state index is -0.0460. The van der Waals surface area contributed by atoms with Gasteiger partial charge in [-0.15, -0.1) is 0 Å². The third-order valence-electron chi connectivity index (χ3n) is 2.25. The maximum Gasteiger partial charge on any atom is 0.239 e. The highest BCUT2D eigenvalue weighted by atomic mass is 79.9. The average Bonchev–Trinajstić information content (AvgIpc) is 2.30. The van der Waals surface area contributed by atoms with Crippen molar-refractivity contribution in [2.75, 3.05) is 30.8 Å². The third kappa shape index (κ3) is 4.14. The number of aromatic nitrogens is 2. The third-order valence-corrected chi connectivity index (χ3v) is 3.01. The molecule has 3 N–H and O–H groups in total. The van der Waals surface area contributed by atoms with Gasteiger partial charge in [0.05, 0.1) is 6.54 Å². The van der Waals surface area contributed by atoms with Crippen molar-refractivity contribution in [1.29, 1.82) is 0 Å². The molecule has 0 radical (unpaired) electrons. The van der Waals surface area contributed by atoms with Crippen molar-refractivity contribution in [2.24, 2.45) is 5.92 Å². The summed E-state index contributed by atoms with van der Waals surface area (Å²) < 4.78 is 0.601. The Balaban J connectivity index is 2.62. The molecule has 1 aromatic rings. The summed E-state index contributed by atoms with van der Waals surface area (Å²) in [6.07, 6.45) is 1.37.